The molecule has 1 aromatic carbocycles. The van der Waals surface area contributed by atoms with E-state index in [9.17, 15) is 9.59 Å². The largest absolute Gasteiger partial charge is 0.366 e. The number of morpholine rings is 1. The highest BCUT2D eigenvalue weighted by atomic mass is 16.5. The smallest absolute Gasteiger partial charge is 0.254 e. The number of rotatable bonds is 4. The molecule has 0 bridgehead atoms. The molecule has 0 aliphatic carbocycles. The van der Waals surface area contributed by atoms with Gasteiger partial charge in [0.1, 0.15) is 11.9 Å². The van der Waals surface area contributed by atoms with E-state index >= 15 is 0 Å². The molecule has 0 radical (unpaired) electrons. The van der Waals surface area contributed by atoms with Gasteiger partial charge in [-0.2, -0.15) is 0 Å². The average molecular weight is 369 g/mol. The summed E-state index contributed by atoms with van der Waals surface area (Å²) in [5.74, 6) is 0.784. The third kappa shape index (κ3) is 4.45. The van der Waals surface area contributed by atoms with Crippen LogP contribution in [-0.4, -0.2) is 40.0 Å². The minimum absolute atomic E-state index is 0.0385. The van der Waals surface area contributed by atoms with Crippen molar-refractivity contribution >= 4 is 5.91 Å². The molecule has 27 heavy (non-hydrogen) atoms. The summed E-state index contributed by atoms with van der Waals surface area (Å²) < 4.78 is 6.25. The van der Waals surface area contributed by atoms with E-state index in [1.807, 2.05) is 35.2 Å². The van der Waals surface area contributed by atoms with E-state index in [0.29, 0.717) is 30.2 Å². The number of ether oxygens (including phenoxy) is 1. The van der Waals surface area contributed by atoms with Crippen LogP contribution in [0.3, 0.4) is 0 Å². The van der Waals surface area contributed by atoms with E-state index in [1.54, 1.807) is 13.8 Å². The Labute approximate surface area is 159 Å². The molecule has 1 aliphatic heterocycles. The van der Waals surface area contributed by atoms with Gasteiger partial charge in [0.15, 0.2) is 0 Å². The molecule has 2 heterocycles. The summed E-state index contributed by atoms with van der Waals surface area (Å²) in [7, 11) is 0. The Morgan fingerprint density at radius 2 is 1.96 bits per heavy atom. The van der Waals surface area contributed by atoms with Crippen LogP contribution in [0.15, 0.2) is 35.1 Å². The van der Waals surface area contributed by atoms with Crippen LogP contribution in [-0.2, 0) is 16.0 Å². The maximum absolute atomic E-state index is 13.0. The summed E-state index contributed by atoms with van der Waals surface area (Å²) in [6.45, 7) is 8.73. The normalized spacial score (nSPS) is 20.1. The van der Waals surface area contributed by atoms with Crippen molar-refractivity contribution in [1.82, 2.24) is 14.9 Å². The Hall–Kier alpha value is -2.47. The van der Waals surface area contributed by atoms with Crippen molar-refractivity contribution in [2.45, 2.75) is 46.3 Å². The van der Waals surface area contributed by atoms with Gasteiger partial charge in [-0.3, -0.25) is 9.59 Å². The van der Waals surface area contributed by atoms with Gasteiger partial charge in [0, 0.05) is 17.8 Å². The Kier molecular flexibility index (Phi) is 5.75. The molecule has 1 fully saturated rings. The van der Waals surface area contributed by atoms with Crippen LogP contribution in [0.4, 0.5) is 0 Å². The SMILES string of the molecule is Cc1nc(C)c(CC(=O)N2C[C@@H](c3ccccc3)O[C@@H](C(C)C)C2)c(=O)[nH]1. The van der Waals surface area contributed by atoms with Gasteiger partial charge in [-0.25, -0.2) is 4.98 Å². The second-order valence-electron chi connectivity index (χ2n) is 7.51. The lowest BCUT2D eigenvalue weighted by Crippen LogP contribution is -2.49. The summed E-state index contributed by atoms with van der Waals surface area (Å²) >= 11 is 0. The van der Waals surface area contributed by atoms with E-state index in [1.165, 1.54) is 0 Å². The van der Waals surface area contributed by atoms with Crippen molar-refractivity contribution in [3.05, 3.63) is 63.3 Å². The number of carbonyl (C=O) groups is 1. The quantitative estimate of drug-likeness (QED) is 0.899. The highest BCUT2D eigenvalue weighted by Crippen LogP contribution is 2.28. The molecule has 0 unspecified atom stereocenters. The number of aromatic nitrogens is 2. The number of amides is 1. The summed E-state index contributed by atoms with van der Waals surface area (Å²) in [6, 6.07) is 9.97. The van der Waals surface area contributed by atoms with E-state index in [-0.39, 0.29) is 36.0 Å². The molecule has 1 amide bonds. The number of hydrogen-bond donors (Lipinski definition) is 1. The molecule has 1 saturated heterocycles. The Morgan fingerprint density at radius 1 is 1.26 bits per heavy atom. The lowest BCUT2D eigenvalue weighted by Gasteiger charge is -2.40. The zero-order valence-electron chi connectivity index (χ0n) is 16.4. The first-order chi connectivity index (χ1) is 12.8. The van der Waals surface area contributed by atoms with Gasteiger partial charge in [0.25, 0.3) is 5.56 Å². The van der Waals surface area contributed by atoms with Crippen molar-refractivity contribution in [2.75, 3.05) is 13.1 Å². The molecular formula is C21H27N3O3. The molecule has 6 heteroatoms. The number of nitrogens with one attached hydrogen (secondary N) is 1. The Morgan fingerprint density at radius 3 is 2.59 bits per heavy atom. The first-order valence-electron chi connectivity index (χ1n) is 9.39. The molecule has 1 N–H and O–H groups in total. The molecule has 3 rings (SSSR count). The molecule has 1 aliphatic rings. The van der Waals surface area contributed by atoms with E-state index < -0.39 is 0 Å². The number of aryl methyl sites for hydroxylation is 2. The number of carbonyl (C=O) groups excluding carboxylic acids is 1. The summed E-state index contributed by atoms with van der Waals surface area (Å²) in [5.41, 5.74) is 1.88. The number of H-pyrrole nitrogens is 1. The lowest BCUT2D eigenvalue weighted by atomic mass is 10.0. The minimum atomic E-state index is -0.235. The molecular weight excluding hydrogens is 342 g/mol. The molecule has 0 spiro atoms. The van der Waals surface area contributed by atoms with E-state index in [4.69, 9.17) is 4.74 Å². The highest BCUT2D eigenvalue weighted by molar-refractivity contribution is 5.79. The van der Waals surface area contributed by atoms with Crippen molar-refractivity contribution in [2.24, 2.45) is 5.92 Å². The van der Waals surface area contributed by atoms with Crippen LogP contribution in [0, 0.1) is 19.8 Å². The van der Waals surface area contributed by atoms with Crippen LogP contribution >= 0.6 is 0 Å². The van der Waals surface area contributed by atoms with Gasteiger partial charge in [0.2, 0.25) is 5.91 Å². The fourth-order valence-corrected chi connectivity index (χ4v) is 3.43. The molecule has 6 nitrogen and oxygen atoms in total. The van der Waals surface area contributed by atoms with Crippen LogP contribution in [0.2, 0.25) is 0 Å². The maximum atomic E-state index is 13.0. The van der Waals surface area contributed by atoms with Gasteiger partial charge in [-0.15, -0.1) is 0 Å². The predicted octanol–water partition coefficient (Wildman–Crippen LogP) is 2.55. The summed E-state index contributed by atoms with van der Waals surface area (Å²) in [6.07, 6.45) is -0.143. The third-order valence-electron chi connectivity index (χ3n) is 5.06. The van der Waals surface area contributed by atoms with Crippen LogP contribution in [0.5, 0.6) is 0 Å². The fourth-order valence-electron chi connectivity index (χ4n) is 3.43. The van der Waals surface area contributed by atoms with E-state index in [0.717, 1.165) is 5.56 Å². The second kappa shape index (κ2) is 8.05. The second-order valence-corrected chi connectivity index (χ2v) is 7.51. The van der Waals surface area contributed by atoms with Gasteiger partial charge < -0.3 is 14.6 Å². The molecule has 0 saturated carbocycles. The van der Waals surface area contributed by atoms with Gasteiger partial charge in [0.05, 0.1) is 19.1 Å². The van der Waals surface area contributed by atoms with Crippen molar-refractivity contribution in [3.63, 3.8) is 0 Å². The number of aromatic amines is 1. The predicted molar refractivity (Wildman–Crippen MR) is 104 cm³/mol. The van der Waals surface area contributed by atoms with Gasteiger partial charge in [-0.05, 0) is 25.3 Å². The van der Waals surface area contributed by atoms with E-state index in [2.05, 4.69) is 23.8 Å². The van der Waals surface area contributed by atoms with Gasteiger partial charge >= 0.3 is 0 Å². The summed E-state index contributed by atoms with van der Waals surface area (Å²) in [5, 5.41) is 0. The fraction of sp³-hybridized carbons (Fsp3) is 0.476. The first kappa shape index (κ1) is 19.3. The molecule has 144 valence electrons. The first-order valence-corrected chi connectivity index (χ1v) is 9.39. The van der Waals surface area contributed by atoms with Crippen molar-refractivity contribution < 1.29 is 9.53 Å². The Balaban J connectivity index is 1.81. The number of hydrogen-bond acceptors (Lipinski definition) is 4. The summed E-state index contributed by atoms with van der Waals surface area (Å²) in [4.78, 5) is 34.0. The zero-order valence-corrected chi connectivity index (χ0v) is 16.4. The maximum Gasteiger partial charge on any atom is 0.254 e. The highest BCUT2D eigenvalue weighted by Gasteiger charge is 2.33. The average Bonchev–Trinajstić information content (AvgIpc) is 2.64. The standard InChI is InChI=1S/C21H27N3O3/c1-13(2)18-11-24(12-19(27-18)16-8-6-5-7-9-16)20(25)10-17-14(3)22-15(4)23-21(17)26/h5-9,13,18-19H,10-12H2,1-4H3,(H,22,23,26)/t18-,19+/m1/s1. The van der Waals surface area contributed by atoms with Gasteiger partial charge in [-0.1, -0.05) is 44.2 Å². The molecule has 2 atom stereocenters. The molecule has 1 aromatic heterocycles. The third-order valence-corrected chi connectivity index (χ3v) is 5.06. The van der Waals surface area contributed by atoms with Crippen LogP contribution in [0.25, 0.3) is 0 Å². The minimum Gasteiger partial charge on any atom is -0.366 e. The zero-order chi connectivity index (χ0) is 19.6. The molecule has 2 aromatic rings. The number of benzene rings is 1. The van der Waals surface area contributed by atoms with Crippen molar-refractivity contribution in [1.29, 1.82) is 0 Å². The van der Waals surface area contributed by atoms with Crippen LogP contribution < -0.4 is 5.56 Å². The Bertz CT molecular complexity index is 861. The van der Waals surface area contributed by atoms with Crippen molar-refractivity contribution in [3.8, 4) is 0 Å². The van der Waals surface area contributed by atoms with Crippen LogP contribution in [0.1, 0.15) is 42.6 Å². The number of nitrogens with zero attached hydrogens (tertiary/aromatic N) is 2. The lowest BCUT2D eigenvalue weighted by molar-refractivity contribution is -0.149. The topological polar surface area (TPSA) is 75.3 Å². The monoisotopic (exact) mass is 369 g/mol.